The van der Waals surface area contributed by atoms with Crippen molar-refractivity contribution in [3.63, 3.8) is 0 Å². The second-order valence-electron chi connectivity index (χ2n) is 5.23. The van der Waals surface area contributed by atoms with Crippen LogP contribution in [0.5, 0.6) is 0 Å². The van der Waals surface area contributed by atoms with Gasteiger partial charge in [-0.25, -0.2) is 0 Å². The van der Waals surface area contributed by atoms with E-state index in [-0.39, 0.29) is 17.2 Å². The molecule has 6 nitrogen and oxygen atoms in total. The molecule has 0 amide bonds. The molecule has 0 spiro atoms. The SMILES string of the molecule is O=[N+]([O-])c1ccc(CN2CCCN(CCO)CC2)c(Br)c1. The number of β-amino-alcohol motifs (C(OH)–C–C–N with tert-alkyl or cyclic N) is 1. The molecule has 1 heterocycles. The summed E-state index contributed by atoms with van der Waals surface area (Å²) in [5.74, 6) is 0. The number of aliphatic hydroxyl groups is 1. The van der Waals surface area contributed by atoms with Gasteiger partial charge in [-0.1, -0.05) is 15.9 Å². The highest BCUT2D eigenvalue weighted by molar-refractivity contribution is 9.10. The van der Waals surface area contributed by atoms with Gasteiger partial charge in [0.2, 0.25) is 0 Å². The molecule has 1 N–H and O–H groups in total. The van der Waals surface area contributed by atoms with Gasteiger partial charge in [0.05, 0.1) is 11.5 Å². The Morgan fingerprint density at radius 1 is 1.24 bits per heavy atom. The summed E-state index contributed by atoms with van der Waals surface area (Å²) in [4.78, 5) is 15.0. The number of benzene rings is 1. The van der Waals surface area contributed by atoms with Crippen LogP contribution in [0, 0.1) is 10.1 Å². The van der Waals surface area contributed by atoms with Gasteiger partial charge in [-0.15, -0.1) is 0 Å². The fourth-order valence-corrected chi connectivity index (χ4v) is 3.06. The van der Waals surface area contributed by atoms with Gasteiger partial charge in [-0.2, -0.15) is 0 Å². The molecule has 0 radical (unpaired) electrons. The van der Waals surface area contributed by atoms with E-state index in [1.54, 1.807) is 12.1 Å². The van der Waals surface area contributed by atoms with E-state index >= 15 is 0 Å². The molecule has 21 heavy (non-hydrogen) atoms. The lowest BCUT2D eigenvalue weighted by molar-refractivity contribution is -0.384. The molecule has 1 aliphatic heterocycles. The molecule has 0 unspecified atom stereocenters. The molecule has 1 aromatic rings. The molecule has 116 valence electrons. The molecule has 1 saturated heterocycles. The third kappa shape index (κ3) is 4.74. The maximum atomic E-state index is 10.7. The first kappa shape index (κ1) is 16.4. The Bertz CT molecular complexity index is 498. The van der Waals surface area contributed by atoms with Crippen molar-refractivity contribution >= 4 is 21.6 Å². The van der Waals surface area contributed by atoms with E-state index in [0.29, 0.717) is 0 Å². The van der Waals surface area contributed by atoms with Crippen LogP contribution in [0.15, 0.2) is 22.7 Å². The summed E-state index contributed by atoms with van der Waals surface area (Å²) >= 11 is 3.42. The molecule has 0 aliphatic carbocycles. The molecular formula is C14H20BrN3O3. The van der Waals surface area contributed by atoms with Crippen LogP contribution in [0.1, 0.15) is 12.0 Å². The van der Waals surface area contributed by atoms with Gasteiger partial charge in [-0.3, -0.25) is 19.9 Å². The van der Waals surface area contributed by atoms with Gasteiger partial charge in [0, 0.05) is 42.8 Å². The summed E-state index contributed by atoms with van der Waals surface area (Å²) in [5, 5.41) is 19.7. The highest BCUT2D eigenvalue weighted by Gasteiger charge is 2.16. The maximum absolute atomic E-state index is 10.7. The second kappa shape index (κ2) is 7.84. The molecule has 0 atom stereocenters. The number of rotatable bonds is 5. The average molecular weight is 358 g/mol. The molecule has 0 aromatic heterocycles. The molecule has 0 saturated carbocycles. The summed E-state index contributed by atoms with van der Waals surface area (Å²) in [5.41, 5.74) is 1.17. The van der Waals surface area contributed by atoms with Crippen molar-refractivity contribution in [2.24, 2.45) is 0 Å². The van der Waals surface area contributed by atoms with Crippen LogP contribution in [0.25, 0.3) is 0 Å². The normalized spacial score (nSPS) is 17.6. The van der Waals surface area contributed by atoms with E-state index in [2.05, 4.69) is 25.7 Å². The Kier molecular flexibility index (Phi) is 6.10. The Morgan fingerprint density at radius 3 is 2.62 bits per heavy atom. The lowest BCUT2D eigenvalue weighted by atomic mass is 10.2. The second-order valence-corrected chi connectivity index (χ2v) is 6.08. The average Bonchev–Trinajstić information content (AvgIpc) is 2.67. The Hall–Kier alpha value is -1.02. The predicted molar refractivity (Wildman–Crippen MR) is 84.2 cm³/mol. The molecule has 1 fully saturated rings. The number of non-ortho nitro benzene ring substituents is 1. The van der Waals surface area contributed by atoms with Crippen molar-refractivity contribution in [2.45, 2.75) is 13.0 Å². The lowest BCUT2D eigenvalue weighted by Gasteiger charge is -2.21. The minimum absolute atomic E-state index is 0.107. The summed E-state index contributed by atoms with van der Waals surface area (Å²) in [6.45, 7) is 5.63. The van der Waals surface area contributed by atoms with Crippen molar-refractivity contribution in [3.8, 4) is 0 Å². The third-order valence-corrected chi connectivity index (χ3v) is 4.48. The zero-order valence-electron chi connectivity index (χ0n) is 11.9. The third-order valence-electron chi connectivity index (χ3n) is 3.74. The Labute approximate surface area is 132 Å². The van der Waals surface area contributed by atoms with Crippen molar-refractivity contribution in [1.29, 1.82) is 0 Å². The van der Waals surface area contributed by atoms with E-state index in [4.69, 9.17) is 5.11 Å². The van der Waals surface area contributed by atoms with E-state index in [1.807, 2.05) is 6.07 Å². The van der Waals surface area contributed by atoms with Crippen molar-refractivity contribution in [3.05, 3.63) is 38.3 Å². The number of halogens is 1. The van der Waals surface area contributed by atoms with Gasteiger partial charge in [0.1, 0.15) is 0 Å². The summed E-state index contributed by atoms with van der Waals surface area (Å²) in [7, 11) is 0. The van der Waals surface area contributed by atoms with Gasteiger partial charge in [0.15, 0.2) is 0 Å². The first-order chi connectivity index (χ1) is 10.1. The fourth-order valence-electron chi connectivity index (χ4n) is 2.57. The van der Waals surface area contributed by atoms with Crippen LogP contribution in [0.2, 0.25) is 0 Å². The van der Waals surface area contributed by atoms with Crippen LogP contribution in [-0.2, 0) is 6.54 Å². The standard InChI is InChI=1S/C14H20BrN3O3/c15-14-10-13(18(20)21)3-2-12(14)11-17-5-1-4-16(6-7-17)8-9-19/h2-3,10,19H,1,4-9,11H2. The molecule has 7 heteroatoms. The minimum atomic E-state index is -0.382. The number of nitrogens with zero attached hydrogens (tertiary/aromatic N) is 3. The summed E-state index contributed by atoms with van der Waals surface area (Å²) < 4.78 is 0.785. The zero-order valence-corrected chi connectivity index (χ0v) is 13.5. The maximum Gasteiger partial charge on any atom is 0.270 e. The van der Waals surface area contributed by atoms with Crippen molar-refractivity contribution in [1.82, 2.24) is 9.80 Å². The van der Waals surface area contributed by atoms with Crippen LogP contribution < -0.4 is 0 Å². The van der Waals surface area contributed by atoms with E-state index in [1.165, 1.54) is 0 Å². The van der Waals surface area contributed by atoms with Crippen LogP contribution in [0.3, 0.4) is 0 Å². The van der Waals surface area contributed by atoms with E-state index < -0.39 is 0 Å². The quantitative estimate of drug-likeness (QED) is 0.643. The first-order valence-electron chi connectivity index (χ1n) is 7.08. The largest absolute Gasteiger partial charge is 0.395 e. The highest BCUT2D eigenvalue weighted by Crippen LogP contribution is 2.24. The molecule has 2 rings (SSSR count). The van der Waals surface area contributed by atoms with Crippen molar-refractivity contribution < 1.29 is 10.0 Å². The summed E-state index contributed by atoms with van der Waals surface area (Å²) in [6, 6.07) is 4.93. The van der Waals surface area contributed by atoms with Gasteiger partial charge >= 0.3 is 0 Å². The number of nitro groups is 1. The number of hydrogen-bond donors (Lipinski definition) is 1. The topological polar surface area (TPSA) is 69.9 Å². The number of nitro benzene ring substituents is 1. The molecule has 1 aromatic carbocycles. The monoisotopic (exact) mass is 357 g/mol. The van der Waals surface area contributed by atoms with Crippen LogP contribution in [-0.4, -0.2) is 59.2 Å². The van der Waals surface area contributed by atoms with Crippen LogP contribution in [0.4, 0.5) is 5.69 Å². The smallest absolute Gasteiger partial charge is 0.270 e. The van der Waals surface area contributed by atoms with E-state index in [9.17, 15) is 10.1 Å². The van der Waals surface area contributed by atoms with E-state index in [0.717, 1.165) is 55.7 Å². The van der Waals surface area contributed by atoms with Gasteiger partial charge in [0.25, 0.3) is 5.69 Å². The Morgan fingerprint density at radius 2 is 1.95 bits per heavy atom. The number of aliphatic hydroxyl groups excluding tert-OH is 1. The molecule has 1 aliphatic rings. The molecule has 0 bridgehead atoms. The molecular weight excluding hydrogens is 338 g/mol. The summed E-state index contributed by atoms with van der Waals surface area (Å²) in [6.07, 6.45) is 1.07. The predicted octanol–water partition coefficient (Wildman–Crippen LogP) is 1.86. The zero-order chi connectivity index (χ0) is 15.2. The minimum Gasteiger partial charge on any atom is -0.395 e. The van der Waals surface area contributed by atoms with Crippen LogP contribution >= 0.6 is 15.9 Å². The van der Waals surface area contributed by atoms with Gasteiger partial charge in [-0.05, 0) is 31.1 Å². The fraction of sp³-hybridized carbons (Fsp3) is 0.571. The first-order valence-corrected chi connectivity index (χ1v) is 7.88. The van der Waals surface area contributed by atoms with Gasteiger partial charge < -0.3 is 5.11 Å². The number of hydrogen-bond acceptors (Lipinski definition) is 5. The highest BCUT2D eigenvalue weighted by atomic mass is 79.9. The Balaban J connectivity index is 1.97. The van der Waals surface area contributed by atoms with Crippen molar-refractivity contribution in [2.75, 3.05) is 39.3 Å². The lowest BCUT2D eigenvalue weighted by Crippen LogP contribution is -2.32.